The monoisotopic (exact) mass is 300 g/mol. The van der Waals surface area contributed by atoms with Crippen LogP contribution >= 0.6 is 27.7 Å². The van der Waals surface area contributed by atoms with Gasteiger partial charge in [0.25, 0.3) is 0 Å². The predicted octanol–water partition coefficient (Wildman–Crippen LogP) is 4.78. The first-order valence-corrected chi connectivity index (χ1v) is 6.55. The van der Waals surface area contributed by atoms with E-state index in [0.29, 0.717) is 4.47 Å². The highest BCUT2D eigenvalue weighted by Gasteiger charge is 2.04. The number of aryl methyl sites for hydroxylation is 1. The third-order valence-corrected chi connectivity index (χ3v) is 4.01. The summed E-state index contributed by atoms with van der Waals surface area (Å²) in [6, 6.07) is 7.01. The SMILES string of the molecule is Cc1occc1SCc1ccc(F)c(Br)c1. The summed E-state index contributed by atoms with van der Waals surface area (Å²) in [5, 5.41) is 0. The van der Waals surface area contributed by atoms with Crippen LogP contribution in [0, 0.1) is 12.7 Å². The molecule has 2 aromatic rings. The van der Waals surface area contributed by atoms with Gasteiger partial charge in [-0.25, -0.2) is 4.39 Å². The fourth-order valence-electron chi connectivity index (χ4n) is 1.31. The van der Waals surface area contributed by atoms with E-state index in [1.54, 1.807) is 30.2 Å². The molecule has 0 fully saturated rings. The van der Waals surface area contributed by atoms with Crippen LogP contribution in [0.4, 0.5) is 4.39 Å². The summed E-state index contributed by atoms with van der Waals surface area (Å²) >= 11 is 4.86. The first-order chi connectivity index (χ1) is 7.66. The molecule has 84 valence electrons. The van der Waals surface area contributed by atoms with E-state index < -0.39 is 0 Å². The third-order valence-electron chi connectivity index (χ3n) is 2.19. The molecule has 0 saturated heterocycles. The van der Waals surface area contributed by atoms with Crippen molar-refractivity contribution in [3.8, 4) is 0 Å². The van der Waals surface area contributed by atoms with E-state index >= 15 is 0 Å². The maximum Gasteiger partial charge on any atom is 0.137 e. The number of furan rings is 1. The second-order valence-corrected chi connectivity index (χ2v) is 5.25. The third kappa shape index (κ3) is 2.68. The maximum absolute atomic E-state index is 13.0. The van der Waals surface area contributed by atoms with E-state index in [4.69, 9.17) is 4.42 Å². The molecule has 1 aromatic heterocycles. The summed E-state index contributed by atoms with van der Waals surface area (Å²) < 4.78 is 18.7. The lowest BCUT2D eigenvalue weighted by Gasteiger charge is -2.02. The fourth-order valence-corrected chi connectivity index (χ4v) is 2.64. The zero-order valence-electron chi connectivity index (χ0n) is 8.67. The van der Waals surface area contributed by atoms with Crippen molar-refractivity contribution in [1.29, 1.82) is 0 Å². The van der Waals surface area contributed by atoms with Crippen molar-refractivity contribution in [2.45, 2.75) is 17.6 Å². The number of halogens is 2. The number of rotatable bonds is 3. The Kier molecular flexibility index (Phi) is 3.71. The Hall–Kier alpha value is -0.740. The molecule has 2 rings (SSSR count). The first kappa shape index (κ1) is 11.7. The Morgan fingerprint density at radius 1 is 1.38 bits per heavy atom. The minimum absolute atomic E-state index is 0.228. The molecule has 0 aliphatic rings. The minimum Gasteiger partial charge on any atom is -0.468 e. The molecule has 0 radical (unpaired) electrons. The van der Waals surface area contributed by atoms with Crippen molar-refractivity contribution in [1.82, 2.24) is 0 Å². The van der Waals surface area contributed by atoms with Crippen molar-refractivity contribution in [3.63, 3.8) is 0 Å². The number of hydrogen-bond acceptors (Lipinski definition) is 2. The van der Waals surface area contributed by atoms with Crippen LogP contribution in [0.2, 0.25) is 0 Å². The van der Waals surface area contributed by atoms with E-state index in [1.807, 2.05) is 13.0 Å². The van der Waals surface area contributed by atoms with Crippen LogP contribution in [0.1, 0.15) is 11.3 Å². The number of hydrogen-bond donors (Lipinski definition) is 0. The van der Waals surface area contributed by atoms with E-state index in [2.05, 4.69) is 15.9 Å². The Balaban J connectivity index is 2.05. The molecular formula is C12H10BrFOS. The summed E-state index contributed by atoms with van der Waals surface area (Å²) in [5.74, 6) is 1.50. The van der Waals surface area contributed by atoms with Gasteiger partial charge in [-0.2, -0.15) is 0 Å². The van der Waals surface area contributed by atoms with Crippen molar-refractivity contribution < 1.29 is 8.81 Å². The quantitative estimate of drug-likeness (QED) is 0.757. The maximum atomic E-state index is 13.0. The van der Waals surface area contributed by atoms with Gasteiger partial charge in [0.1, 0.15) is 11.6 Å². The molecule has 0 aliphatic carbocycles. The van der Waals surface area contributed by atoms with Crippen LogP contribution in [0.3, 0.4) is 0 Å². The van der Waals surface area contributed by atoms with Crippen molar-refractivity contribution in [3.05, 3.63) is 52.1 Å². The first-order valence-electron chi connectivity index (χ1n) is 4.77. The molecule has 0 spiro atoms. The van der Waals surface area contributed by atoms with Gasteiger partial charge in [0.2, 0.25) is 0 Å². The Morgan fingerprint density at radius 3 is 2.81 bits per heavy atom. The van der Waals surface area contributed by atoms with Crippen molar-refractivity contribution in [2.75, 3.05) is 0 Å². The zero-order chi connectivity index (χ0) is 11.5. The minimum atomic E-state index is -0.228. The highest BCUT2D eigenvalue weighted by atomic mass is 79.9. The molecule has 0 N–H and O–H groups in total. The molecule has 1 aromatic carbocycles. The summed E-state index contributed by atoms with van der Waals surface area (Å²) in [5.41, 5.74) is 1.08. The normalized spacial score (nSPS) is 10.7. The summed E-state index contributed by atoms with van der Waals surface area (Å²) in [6.45, 7) is 1.93. The molecule has 0 aliphatic heterocycles. The Labute approximate surface area is 106 Å². The molecule has 0 unspecified atom stereocenters. The van der Waals surface area contributed by atoms with Gasteiger partial charge in [0, 0.05) is 10.6 Å². The second-order valence-electron chi connectivity index (χ2n) is 3.38. The summed E-state index contributed by atoms with van der Waals surface area (Å²) in [4.78, 5) is 1.13. The lowest BCUT2D eigenvalue weighted by Crippen LogP contribution is -1.84. The van der Waals surface area contributed by atoms with Gasteiger partial charge in [-0.3, -0.25) is 0 Å². The van der Waals surface area contributed by atoms with Gasteiger partial charge >= 0.3 is 0 Å². The van der Waals surface area contributed by atoms with Crippen LogP contribution in [0.15, 0.2) is 44.3 Å². The predicted molar refractivity (Wildman–Crippen MR) is 67.1 cm³/mol. The molecular weight excluding hydrogens is 291 g/mol. The molecule has 1 heterocycles. The van der Waals surface area contributed by atoms with E-state index in [-0.39, 0.29) is 5.82 Å². The smallest absolute Gasteiger partial charge is 0.137 e. The topological polar surface area (TPSA) is 13.1 Å². The van der Waals surface area contributed by atoms with E-state index in [9.17, 15) is 4.39 Å². The van der Waals surface area contributed by atoms with E-state index in [1.165, 1.54) is 6.07 Å². The van der Waals surface area contributed by atoms with E-state index in [0.717, 1.165) is 22.0 Å². The molecule has 0 bridgehead atoms. The largest absolute Gasteiger partial charge is 0.468 e. The zero-order valence-corrected chi connectivity index (χ0v) is 11.1. The van der Waals surface area contributed by atoms with Gasteiger partial charge in [-0.15, -0.1) is 11.8 Å². The van der Waals surface area contributed by atoms with Crippen molar-refractivity contribution in [2.24, 2.45) is 0 Å². The lowest BCUT2D eigenvalue weighted by molar-refractivity contribution is 0.527. The lowest BCUT2D eigenvalue weighted by atomic mass is 10.2. The Bertz CT molecular complexity index is 496. The number of thioether (sulfide) groups is 1. The molecule has 1 nitrogen and oxygen atoms in total. The fraction of sp³-hybridized carbons (Fsp3) is 0.167. The standard InChI is InChI=1S/C12H10BrFOS/c1-8-12(4-5-15-8)16-7-9-2-3-11(14)10(13)6-9/h2-6H,7H2,1H3. The highest BCUT2D eigenvalue weighted by Crippen LogP contribution is 2.28. The van der Waals surface area contributed by atoms with Crippen LogP contribution < -0.4 is 0 Å². The van der Waals surface area contributed by atoms with Crippen LogP contribution in [-0.4, -0.2) is 0 Å². The van der Waals surface area contributed by atoms with Gasteiger partial charge in [0.15, 0.2) is 0 Å². The summed E-state index contributed by atoms with van der Waals surface area (Å²) in [6.07, 6.45) is 1.68. The highest BCUT2D eigenvalue weighted by molar-refractivity contribution is 9.10. The van der Waals surface area contributed by atoms with Crippen LogP contribution in [0.5, 0.6) is 0 Å². The second kappa shape index (κ2) is 5.06. The van der Waals surface area contributed by atoms with Gasteiger partial charge in [-0.05, 0) is 46.6 Å². The molecule has 4 heteroatoms. The van der Waals surface area contributed by atoms with Gasteiger partial charge in [-0.1, -0.05) is 6.07 Å². The number of benzene rings is 1. The molecule has 16 heavy (non-hydrogen) atoms. The van der Waals surface area contributed by atoms with Crippen LogP contribution in [-0.2, 0) is 5.75 Å². The van der Waals surface area contributed by atoms with Gasteiger partial charge in [0.05, 0.1) is 10.7 Å². The molecule has 0 atom stereocenters. The molecule has 0 saturated carbocycles. The summed E-state index contributed by atoms with van der Waals surface area (Å²) in [7, 11) is 0. The molecule has 0 amide bonds. The Morgan fingerprint density at radius 2 is 2.19 bits per heavy atom. The van der Waals surface area contributed by atoms with Crippen molar-refractivity contribution >= 4 is 27.7 Å². The average Bonchev–Trinajstić information content (AvgIpc) is 2.66. The van der Waals surface area contributed by atoms with Gasteiger partial charge < -0.3 is 4.42 Å². The average molecular weight is 301 g/mol. The van der Waals surface area contributed by atoms with Crippen LogP contribution in [0.25, 0.3) is 0 Å².